The van der Waals surface area contributed by atoms with Crippen LogP contribution in [-0.2, 0) is 6.42 Å². The Morgan fingerprint density at radius 3 is 2.57 bits per heavy atom. The highest BCUT2D eigenvalue weighted by Gasteiger charge is 2.28. The molecule has 4 heteroatoms. The van der Waals surface area contributed by atoms with Crippen molar-refractivity contribution in [1.82, 2.24) is 4.98 Å². The van der Waals surface area contributed by atoms with Crippen molar-refractivity contribution < 1.29 is 0 Å². The largest absolute Gasteiger partial charge is 0.250 e. The van der Waals surface area contributed by atoms with Gasteiger partial charge in [-0.25, -0.2) is 4.98 Å². The van der Waals surface area contributed by atoms with Gasteiger partial charge in [0.25, 0.3) is 0 Å². The third kappa shape index (κ3) is 3.11. The molecular weight excluding hydrogens is 237 g/mol. The molecule has 0 aromatic carbocycles. The highest BCUT2D eigenvalue weighted by atomic mass is 35.5. The topological polar surface area (TPSA) is 12.9 Å². The van der Waals surface area contributed by atoms with Crippen LogP contribution in [0.4, 0.5) is 0 Å². The number of alkyl halides is 2. The third-order valence-electron chi connectivity index (χ3n) is 2.36. The highest BCUT2D eigenvalue weighted by Crippen LogP contribution is 2.32. The van der Waals surface area contributed by atoms with Crippen molar-refractivity contribution in [2.45, 2.75) is 26.2 Å². The summed E-state index contributed by atoms with van der Waals surface area (Å²) in [6.07, 6.45) is 4.93. The molecule has 0 aliphatic heterocycles. The summed E-state index contributed by atoms with van der Waals surface area (Å²) >= 11 is 13.7. The second-order valence-corrected chi connectivity index (χ2v) is 5.13. The second kappa shape index (κ2) is 5.94. The van der Waals surface area contributed by atoms with Gasteiger partial charge in [-0.2, -0.15) is 0 Å². The zero-order valence-corrected chi connectivity index (χ0v) is 10.6. The lowest BCUT2D eigenvalue weighted by molar-refractivity contribution is 0.340. The van der Waals surface area contributed by atoms with Crippen LogP contribution in [0.1, 0.15) is 24.8 Å². The van der Waals surface area contributed by atoms with Gasteiger partial charge >= 0.3 is 0 Å². The Labute approximate surface area is 99.5 Å². The monoisotopic (exact) mass is 251 g/mol. The maximum absolute atomic E-state index is 6.01. The highest BCUT2D eigenvalue weighted by molar-refractivity contribution is 7.09. The Kier molecular flexibility index (Phi) is 5.21. The molecule has 1 aromatic heterocycles. The lowest BCUT2D eigenvalue weighted by Gasteiger charge is -2.28. The van der Waals surface area contributed by atoms with E-state index < -0.39 is 0 Å². The molecule has 14 heavy (non-hydrogen) atoms. The van der Waals surface area contributed by atoms with Crippen LogP contribution in [0.2, 0.25) is 0 Å². The van der Waals surface area contributed by atoms with E-state index in [9.17, 15) is 0 Å². The van der Waals surface area contributed by atoms with Crippen molar-refractivity contribution in [3.05, 3.63) is 16.6 Å². The summed E-state index contributed by atoms with van der Waals surface area (Å²) in [6.45, 7) is 2.16. The smallest absolute Gasteiger partial charge is 0.0931 e. The van der Waals surface area contributed by atoms with Crippen LogP contribution in [0.5, 0.6) is 0 Å². The standard InChI is InChI=1S/C10H15Cl2NS/c1-2-3-10(7-11,8-12)6-9-13-4-5-14-9/h4-5H,2-3,6-8H2,1H3. The molecule has 0 spiro atoms. The molecule has 1 rings (SSSR count). The van der Waals surface area contributed by atoms with E-state index in [4.69, 9.17) is 23.2 Å². The maximum Gasteiger partial charge on any atom is 0.0931 e. The van der Waals surface area contributed by atoms with Crippen molar-refractivity contribution in [1.29, 1.82) is 0 Å². The summed E-state index contributed by atoms with van der Waals surface area (Å²) in [5, 5.41) is 3.13. The van der Waals surface area contributed by atoms with Gasteiger partial charge in [0.15, 0.2) is 0 Å². The second-order valence-electron chi connectivity index (χ2n) is 3.62. The van der Waals surface area contributed by atoms with Gasteiger partial charge in [-0.05, 0) is 6.42 Å². The first-order chi connectivity index (χ1) is 6.76. The van der Waals surface area contributed by atoms with E-state index >= 15 is 0 Å². The van der Waals surface area contributed by atoms with E-state index in [0.29, 0.717) is 11.8 Å². The van der Waals surface area contributed by atoms with Crippen LogP contribution in [-0.4, -0.2) is 16.7 Å². The predicted molar refractivity (Wildman–Crippen MR) is 64.6 cm³/mol. The van der Waals surface area contributed by atoms with Crippen molar-refractivity contribution >= 4 is 34.5 Å². The first-order valence-corrected chi connectivity index (χ1v) is 6.71. The van der Waals surface area contributed by atoms with Gasteiger partial charge in [0.05, 0.1) is 5.01 Å². The summed E-state index contributed by atoms with van der Waals surface area (Å²) in [7, 11) is 0. The maximum atomic E-state index is 6.01. The number of aromatic nitrogens is 1. The van der Waals surface area contributed by atoms with E-state index in [0.717, 1.165) is 24.3 Å². The van der Waals surface area contributed by atoms with E-state index in [2.05, 4.69) is 11.9 Å². The summed E-state index contributed by atoms with van der Waals surface area (Å²) in [4.78, 5) is 4.28. The fourth-order valence-electron chi connectivity index (χ4n) is 1.54. The Morgan fingerprint density at radius 2 is 2.14 bits per heavy atom. The molecule has 0 saturated carbocycles. The predicted octanol–water partition coefficient (Wildman–Crippen LogP) is 3.95. The molecule has 80 valence electrons. The van der Waals surface area contributed by atoms with Crippen molar-refractivity contribution in [2.75, 3.05) is 11.8 Å². The molecule has 0 fully saturated rings. The molecule has 1 nitrogen and oxygen atoms in total. The molecule has 0 atom stereocenters. The first-order valence-electron chi connectivity index (χ1n) is 4.76. The molecule has 0 bridgehead atoms. The van der Waals surface area contributed by atoms with Crippen LogP contribution >= 0.6 is 34.5 Å². The van der Waals surface area contributed by atoms with Crippen LogP contribution < -0.4 is 0 Å². The van der Waals surface area contributed by atoms with Gasteiger partial charge in [-0.1, -0.05) is 13.3 Å². The number of nitrogens with zero attached hydrogens (tertiary/aromatic N) is 1. The van der Waals surface area contributed by atoms with E-state index in [1.54, 1.807) is 11.3 Å². The van der Waals surface area contributed by atoms with E-state index in [1.807, 2.05) is 11.6 Å². The Balaban J connectivity index is 2.67. The minimum absolute atomic E-state index is 0.0374. The molecule has 0 unspecified atom stereocenters. The molecule has 0 saturated heterocycles. The lowest BCUT2D eigenvalue weighted by atomic mass is 9.84. The fraction of sp³-hybridized carbons (Fsp3) is 0.700. The molecule has 0 amide bonds. The minimum atomic E-state index is 0.0374. The number of rotatable bonds is 6. The SMILES string of the molecule is CCCC(CCl)(CCl)Cc1nccs1. The molecular formula is C10H15Cl2NS. The van der Waals surface area contributed by atoms with Gasteiger partial charge in [0, 0.05) is 35.2 Å². The van der Waals surface area contributed by atoms with E-state index in [-0.39, 0.29) is 5.41 Å². The molecule has 0 radical (unpaired) electrons. The molecule has 1 aromatic rings. The van der Waals surface area contributed by atoms with Gasteiger partial charge in [0.2, 0.25) is 0 Å². The number of hydrogen-bond donors (Lipinski definition) is 0. The van der Waals surface area contributed by atoms with Crippen LogP contribution in [0.3, 0.4) is 0 Å². The summed E-state index contributed by atoms with van der Waals surface area (Å²) in [5.41, 5.74) is 0.0374. The van der Waals surface area contributed by atoms with Crippen molar-refractivity contribution in [2.24, 2.45) is 5.41 Å². The Morgan fingerprint density at radius 1 is 1.43 bits per heavy atom. The summed E-state index contributed by atoms with van der Waals surface area (Å²) in [5.74, 6) is 1.23. The Hall–Kier alpha value is 0.210. The molecule has 1 heterocycles. The number of halogens is 2. The molecule has 0 aliphatic rings. The van der Waals surface area contributed by atoms with Crippen LogP contribution in [0.15, 0.2) is 11.6 Å². The minimum Gasteiger partial charge on any atom is -0.250 e. The van der Waals surface area contributed by atoms with Crippen LogP contribution in [0.25, 0.3) is 0 Å². The fourth-order valence-corrected chi connectivity index (χ4v) is 3.08. The average molecular weight is 252 g/mol. The van der Waals surface area contributed by atoms with Gasteiger partial charge in [-0.3, -0.25) is 0 Å². The number of hydrogen-bond acceptors (Lipinski definition) is 2. The van der Waals surface area contributed by atoms with E-state index in [1.165, 1.54) is 0 Å². The third-order valence-corrected chi connectivity index (χ3v) is 4.27. The zero-order valence-electron chi connectivity index (χ0n) is 8.30. The van der Waals surface area contributed by atoms with Crippen LogP contribution in [0, 0.1) is 5.41 Å². The van der Waals surface area contributed by atoms with Crippen molar-refractivity contribution in [3.8, 4) is 0 Å². The zero-order chi connectivity index (χ0) is 10.4. The average Bonchev–Trinajstić information content (AvgIpc) is 2.69. The number of thiazole rings is 1. The quantitative estimate of drug-likeness (QED) is 0.698. The summed E-state index contributed by atoms with van der Waals surface area (Å²) in [6, 6.07) is 0. The van der Waals surface area contributed by atoms with Crippen molar-refractivity contribution in [3.63, 3.8) is 0 Å². The normalized spacial score (nSPS) is 11.9. The van der Waals surface area contributed by atoms with Gasteiger partial charge < -0.3 is 0 Å². The molecule has 0 N–H and O–H groups in total. The summed E-state index contributed by atoms with van der Waals surface area (Å²) < 4.78 is 0. The first kappa shape index (κ1) is 12.3. The molecule has 0 aliphatic carbocycles. The Bertz CT molecular complexity index is 245. The van der Waals surface area contributed by atoms with Gasteiger partial charge in [0.1, 0.15) is 0 Å². The lowest BCUT2D eigenvalue weighted by Crippen LogP contribution is -2.27. The van der Waals surface area contributed by atoms with Gasteiger partial charge in [-0.15, -0.1) is 34.5 Å².